The smallest absolute Gasteiger partial charge is 0.244 e. The molecule has 3 aromatic rings. The van der Waals surface area contributed by atoms with Gasteiger partial charge in [0.05, 0.1) is 27.4 Å². The van der Waals surface area contributed by atoms with Crippen LogP contribution in [-0.2, 0) is 11.3 Å². The summed E-state index contributed by atoms with van der Waals surface area (Å²) >= 11 is 0. The fourth-order valence-corrected chi connectivity index (χ4v) is 2.88. The number of carbonyl (C=O) groups is 1. The minimum atomic E-state index is -0.241. The third-order valence-electron chi connectivity index (χ3n) is 4.68. The Hall–Kier alpha value is -3.81. The average molecular weight is 437 g/mol. The number of unbranched alkanes of at least 4 members (excludes halogenated alkanes) is 1. The molecule has 0 aliphatic rings. The van der Waals surface area contributed by atoms with Crippen LogP contribution in [0, 0.1) is 0 Å². The van der Waals surface area contributed by atoms with E-state index in [4.69, 9.17) is 14.2 Å². The number of carbonyl (C=O) groups excluding carboxylic acids is 1. The number of ether oxygens (including phenoxy) is 3. The Balaban J connectivity index is 1.54. The Morgan fingerprint density at radius 3 is 2.62 bits per heavy atom. The predicted octanol–water partition coefficient (Wildman–Crippen LogP) is 4.00. The molecule has 1 heterocycles. The second-order valence-electron chi connectivity index (χ2n) is 7.00. The van der Waals surface area contributed by atoms with Crippen LogP contribution in [0.4, 0.5) is 0 Å². The molecular weight excluding hydrogens is 408 g/mol. The van der Waals surface area contributed by atoms with E-state index in [9.17, 15) is 4.79 Å². The lowest BCUT2D eigenvalue weighted by atomic mass is 10.2. The van der Waals surface area contributed by atoms with E-state index in [-0.39, 0.29) is 12.5 Å². The Morgan fingerprint density at radius 2 is 1.91 bits per heavy atom. The van der Waals surface area contributed by atoms with Gasteiger partial charge in [-0.15, -0.1) is 0 Å². The number of aromatic amines is 1. The molecule has 168 valence electrons. The van der Waals surface area contributed by atoms with E-state index in [0.717, 1.165) is 29.7 Å². The first-order valence-electron chi connectivity index (χ1n) is 10.5. The highest BCUT2D eigenvalue weighted by atomic mass is 16.5. The first-order valence-corrected chi connectivity index (χ1v) is 10.5. The SMILES string of the molecule is CCCCOc1ccc(/C=C/C(=O)NCc2nc(-c3ccc(OC)cc3)n[nH]2)cc1OC. The monoisotopic (exact) mass is 436 g/mol. The summed E-state index contributed by atoms with van der Waals surface area (Å²) in [6, 6.07) is 13.0. The van der Waals surface area contributed by atoms with Gasteiger partial charge in [0.25, 0.3) is 0 Å². The highest BCUT2D eigenvalue weighted by Crippen LogP contribution is 2.28. The van der Waals surface area contributed by atoms with E-state index >= 15 is 0 Å². The van der Waals surface area contributed by atoms with E-state index in [1.54, 1.807) is 20.3 Å². The van der Waals surface area contributed by atoms with Gasteiger partial charge in [0.2, 0.25) is 5.91 Å². The number of hydrogen-bond acceptors (Lipinski definition) is 6. The van der Waals surface area contributed by atoms with Gasteiger partial charge < -0.3 is 19.5 Å². The lowest BCUT2D eigenvalue weighted by molar-refractivity contribution is -0.116. The summed E-state index contributed by atoms with van der Waals surface area (Å²) in [6.45, 7) is 2.99. The second-order valence-corrected chi connectivity index (χ2v) is 7.00. The van der Waals surface area contributed by atoms with Crippen molar-refractivity contribution in [3.63, 3.8) is 0 Å². The molecular formula is C24H28N4O4. The summed E-state index contributed by atoms with van der Waals surface area (Å²) < 4.78 is 16.3. The lowest BCUT2D eigenvalue weighted by Gasteiger charge is -2.10. The molecule has 0 bridgehead atoms. The van der Waals surface area contributed by atoms with Gasteiger partial charge in [-0.2, -0.15) is 5.10 Å². The third-order valence-corrected chi connectivity index (χ3v) is 4.68. The Bertz CT molecular complexity index is 1040. The van der Waals surface area contributed by atoms with Gasteiger partial charge in [-0.1, -0.05) is 19.4 Å². The fourth-order valence-electron chi connectivity index (χ4n) is 2.88. The van der Waals surface area contributed by atoms with Gasteiger partial charge in [-0.05, 0) is 54.5 Å². The molecule has 0 aliphatic heterocycles. The zero-order chi connectivity index (χ0) is 22.8. The van der Waals surface area contributed by atoms with E-state index in [1.165, 1.54) is 6.08 Å². The van der Waals surface area contributed by atoms with Gasteiger partial charge in [-0.3, -0.25) is 9.89 Å². The van der Waals surface area contributed by atoms with Gasteiger partial charge in [0.1, 0.15) is 11.6 Å². The van der Waals surface area contributed by atoms with Crippen LogP contribution < -0.4 is 19.5 Å². The van der Waals surface area contributed by atoms with Gasteiger partial charge in [-0.25, -0.2) is 4.98 Å². The van der Waals surface area contributed by atoms with E-state index in [0.29, 0.717) is 29.8 Å². The summed E-state index contributed by atoms with van der Waals surface area (Å²) in [4.78, 5) is 16.6. The Kier molecular flexibility index (Phi) is 8.25. The number of aromatic nitrogens is 3. The van der Waals surface area contributed by atoms with Crippen LogP contribution in [0.25, 0.3) is 17.5 Å². The highest BCUT2D eigenvalue weighted by Gasteiger charge is 2.08. The minimum Gasteiger partial charge on any atom is -0.497 e. The molecule has 0 unspecified atom stereocenters. The molecule has 0 saturated heterocycles. The molecule has 8 nitrogen and oxygen atoms in total. The number of hydrogen-bond donors (Lipinski definition) is 2. The average Bonchev–Trinajstić information content (AvgIpc) is 3.31. The molecule has 1 aromatic heterocycles. The van der Waals surface area contributed by atoms with Crippen LogP contribution >= 0.6 is 0 Å². The molecule has 0 spiro atoms. The summed E-state index contributed by atoms with van der Waals surface area (Å²) in [5.74, 6) is 2.97. The standard InChI is InChI=1S/C24H28N4O4/c1-4-5-14-32-20-12-6-17(15-21(20)31-3)7-13-23(29)25-16-22-26-24(28-27-22)18-8-10-19(30-2)11-9-18/h6-13,15H,4-5,14,16H2,1-3H3,(H,25,29)(H,26,27,28)/b13-7+. The van der Waals surface area contributed by atoms with Crippen LogP contribution in [0.15, 0.2) is 48.5 Å². The number of nitrogens with zero attached hydrogens (tertiary/aromatic N) is 2. The summed E-state index contributed by atoms with van der Waals surface area (Å²) in [6.07, 6.45) is 5.23. The van der Waals surface area contributed by atoms with E-state index < -0.39 is 0 Å². The predicted molar refractivity (Wildman–Crippen MR) is 123 cm³/mol. The molecule has 2 N–H and O–H groups in total. The molecule has 0 radical (unpaired) electrons. The molecule has 0 fully saturated rings. The molecule has 0 aliphatic carbocycles. The fraction of sp³-hybridized carbons (Fsp3) is 0.292. The Labute approximate surface area is 187 Å². The normalized spacial score (nSPS) is 10.8. The number of nitrogens with one attached hydrogen (secondary N) is 2. The van der Waals surface area contributed by atoms with Crippen molar-refractivity contribution >= 4 is 12.0 Å². The summed E-state index contributed by atoms with van der Waals surface area (Å²) in [5.41, 5.74) is 1.69. The van der Waals surface area contributed by atoms with Crippen LogP contribution in [0.2, 0.25) is 0 Å². The number of amides is 1. The highest BCUT2D eigenvalue weighted by molar-refractivity contribution is 5.91. The van der Waals surface area contributed by atoms with Gasteiger partial charge in [0, 0.05) is 11.6 Å². The van der Waals surface area contributed by atoms with Crippen molar-refractivity contribution in [3.8, 4) is 28.6 Å². The van der Waals surface area contributed by atoms with Crippen LogP contribution in [0.1, 0.15) is 31.2 Å². The maximum atomic E-state index is 12.2. The topological polar surface area (TPSA) is 98.4 Å². The van der Waals surface area contributed by atoms with Crippen molar-refractivity contribution in [2.45, 2.75) is 26.3 Å². The van der Waals surface area contributed by atoms with Crippen LogP contribution in [0.5, 0.6) is 17.2 Å². The van der Waals surface area contributed by atoms with Crippen LogP contribution in [0.3, 0.4) is 0 Å². The maximum absolute atomic E-state index is 12.2. The number of methoxy groups -OCH3 is 2. The van der Waals surface area contributed by atoms with Crippen molar-refractivity contribution in [2.75, 3.05) is 20.8 Å². The molecule has 0 saturated carbocycles. The van der Waals surface area contributed by atoms with Crippen molar-refractivity contribution in [2.24, 2.45) is 0 Å². The van der Waals surface area contributed by atoms with Crippen molar-refractivity contribution in [1.82, 2.24) is 20.5 Å². The molecule has 8 heteroatoms. The number of rotatable bonds is 11. The molecule has 0 atom stereocenters. The second kappa shape index (κ2) is 11.5. The number of benzene rings is 2. The largest absolute Gasteiger partial charge is 0.497 e. The first-order chi connectivity index (χ1) is 15.6. The lowest BCUT2D eigenvalue weighted by Crippen LogP contribution is -2.20. The molecule has 3 rings (SSSR count). The van der Waals surface area contributed by atoms with Gasteiger partial charge >= 0.3 is 0 Å². The summed E-state index contributed by atoms with van der Waals surface area (Å²) in [5, 5.41) is 9.83. The van der Waals surface area contributed by atoms with Crippen molar-refractivity contribution < 1.29 is 19.0 Å². The van der Waals surface area contributed by atoms with E-state index in [1.807, 2.05) is 42.5 Å². The molecule has 2 aromatic carbocycles. The molecule has 1 amide bonds. The van der Waals surface area contributed by atoms with E-state index in [2.05, 4.69) is 27.4 Å². The van der Waals surface area contributed by atoms with Crippen molar-refractivity contribution in [1.29, 1.82) is 0 Å². The number of H-pyrrole nitrogens is 1. The van der Waals surface area contributed by atoms with Crippen molar-refractivity contribution in [3.05, 3.63) is 59.9 Å². The quantitative estimate of drug-likeness (QED) is 0.348. The molecule has 32 heavy (non-hydrogen) atoms. The van der Waals surface area contributed by atoms with Crippen LogP contribution in [-0.4, -0.2) is 41.9 Å². The zero-order valence-corrected chi connectivity index (χ0v) is 18.6. The maximum Gasteiger partial charge on any atom is 0.244 e. The zero-order valence-electron chi connectivity index (χ0n) is 18.6. The third kappa shape index (κ3) is 6.34. The minimum absolute atomic E-state index is 0.236. The Morgan fingerprint density at radius 1 is 1.09 bits per heavy atom. The van der Waals surface area contributed by atoms with Gasteiger partial charge in [0.15, 0.2) is 17.3 Å². The summed E-state index contributed by atoms with van der Waals surface area (Å²) in [7, 11) is 3.21. The first kappa shape index (κ1) is 22.9.